The van der Waals surface area contributed by atoms with E-state index in [2.05, 4.69) is 9.71 Å². The molecular formula is C20H20N2O4S. The van der Waals surface area contributed by atoms with Crippen LogP contribution >= 0.6 is 0 Å². The predicted molar refractivity (Wildman–Crippen MR) is 104 cm³/mol. The number of pyridine rings is 1. The minimum Gasteiger partial charge on any atom is -0.462 e. The largest absolute Gasteiger partial charge is 0.462 e. The molecule has 1 aromatic heterocycles. The Bertz CT molecular complexity index is 1080. The summed E-state index contributed by atoms with van der Waals surface area (Å²) in [5, 5.41) is 0.756. The smallest absolute Gasteiger partial charge is 0.338 e. The van der Waals surface area contributed by atoms with E-state index in [0.717, 1.165) is 17.4 Å². The number of carbonyl (C=O) groups excluding carboxylic acids is 1. The van der Waals surface area contributed by atoms with Gasteiger partial charge in [-0.3, -0.25) is 9.71 Å². The van der Waals surface area contributed by atoms with E-state index < -0.39 is 16.0 Å². The van der Waals surface area contributed by atoms with E-state index in [9.17, 15) is 13.2 Å². The maximum Gasteiger partial charge on any atom is 0.338 e. The lowest BCUT2D eigenvalue weighted by molar-refractivity contribution is 0.0505. The van der Waals surface area contributed by atoms with Crippen molar-refractivity contribution < 1.29 is 17.9 Å². The van der Waals surface area contributed by atoms with Crippen molar-refractivity contribution in [2.45, 2.75) is 25.2 Å². The number of hydrogen-bond acceptors (Lipinski definition) is 5. The number of nitrogens with one attached hydrogen (secondary N) is 1. The number of sulfonamides is 1. The molecule has 0 saturated carbocycles. The number of hydrogen-bond donors (Lipinski definition) is 1. The molecular weight excluding hydrogens is 364 g/mol. The lowest BCUT2D eigenvalue weighted by atomic mass is 10.2. The van der Waals surface area contributed by atoms with Crippen LogP contribution in [-0.2, 0) is 14.8 Å². The molecule has 0 amide bonds. The number of aryl methyl sites for hydroxylation is 1. The zero-order valence-corrected chi connectivity index (χ0v) is 15.9. The summed E-state index contributed by atoms with van der Waals surface area (Å²) in [6.07, 6.45) is 2.38. The van der Waals surface area contributed by atoms with E-state index in [0.29, 0.717) is 23.4 Å². The number of carbonyl (C=O) groups is 1. The molecule has 0 atom stereocenters. The number of para-hydroxylation sites is 1. The third-order valence-corrected chi connectivity index (χ3v) is 5.32. The van der Waals surface area contributed by atoms with Gasteiger partial charge in [0.2, 0.25) is 0 Å². The molecule has 3 rings (SSSR count). The standard InChI is InChI=1S/C20H20N2O4S/c1-3-11-26-20(23)15-7-9-17(10-8-15)22-27(24,25)18-6-4-5-16-12-14(2)13-21-19(16)18/h4-10,12-13,22H,3,11H2,1-2H3. The number of nitrogens with zero attached hydrogens (tertiary/aromatic N) is 1. The molecule has 0 unspecified atom stereocenters. The summed E-state index contributed by atoms with van der Waals surface area (Å²) < 4.78 is 33.2. The van der Waals surface area contributed by atoms with Gasteiger partial charge in [-0.1, -0.05) is 19.1 Å². The van der Waals surface area contributed by atoms with Gasteiger partial charge in [0.1, 0.15) is 4.90 Å². The van der Waals surface area contributed by atoms with Gasteiger partial charge in [0.05, 0.1) is 17.7 Å². The van der Waals surface area contributed by atoms with Crippen molar-refractivity contribution >= 4 is 32.6 Å². The summed E-state index contributed by atoms with van der Waals surface area (Å²) in [5.74, 6) is -0.431. The van der Waals surface area contributed by atoms with Crippen LogP contribution in [0.25, 0.3) is 10.9 Å². The fourth-order valence-corrected chi connectivity index (χ4v) is 3.86. The van der Waals surface area contributed by atoms with Gasteiger partial charge in [-0.25, -0.2) is 13.2 Å². The number of aromatic nitrogens is 1. The van der Waals surface area contributed by atoms with Crippen molar-refractivity contribution in [2.75, 3.05) is 11.3 Å². The monoisotopic (exact) mass is 384 g/mol. The van der Waals surface area contributed by atoms with Gasteiger partial charge in [0.25, 0.3) is 10.0 Å². The van der Waals surface area contributed by atoms with Gasteiger partial charge < -0.3 is 4.74 Å². The van der Waals surface area contributed by atoms with Crippen molar-refractivity contribution in [3.05, 3.63) is 65.9 Å². The number of anilines is 1. The minimum absolute atomic E-state index is 0.103. The molecule has 0 aliphatic rings. The van der Waals surface area contributed by atoms with E-state index >= 15 is 0 Å². The topological polar surface area (TPSA) is 85.4 Å². The Hall–Kier alpha value is -2.93. The fraction of sp³-hybridized carbons (Fsp3) is 0.200. The van der Waals surface area contributed by atoms with Gasteiger partial charge in [0.15, 0.2) is 0 Å². The highest BCUT2D eigenvalue weighted by Gasteiger charge is 2.19. The Morgan fingerprint density at radius 3 is 2.59 bits per heavy atom. The van der Waals surface area contributed by atoms with Crippen LogP contribution < -0.4 is 4.72 Å². The maximum absolute atomic E-state index is 12.8. The lowest BCUT2D eigenvalue weighted by Crippen LogP contribution is -2.14. The molecule has 140 valence electrons. The number of benzene rings is 2. The number of ether oxygens (including phenoxy) is 1. The van der Waals surface area contributed by atoms with Crippen LogP contribution in [0.3, 0.4) is 0 Å². The summed E-state index contributed by atoms with van der Waals surface area (Å²) in [4.78, 5) is 16.2. The zero-order valence-electron chi connectivity index (χ0n) is 15.1. The molecule has 0 aliphatic heterocycles. The quantitative estimate of drug-likeness (QED) is 0.651. The van der Waals surface area contributed by atoms with Gasteiger partial charge >= 0.3 is 5.97 Å². The molecule has 0 aliphatic carbocycles. The first-order valence-electron chi connectivity index (χ1n) is 8.56. The van der Waals surface area contributed by atoms with Crippen LogP contribution in [-0.4, -0.2) is 26.0 Å². The van der Waals surface area contributed by atoms with Crippen LogP contribution in [0.2, 0.25) is 0 Å². The molecule has 1 heterocycles. The highest BCUT2D eigenvalue weighted by atomic mass is 32.2. The number of rotatable bonds is 6. The normalized spacial score (nSPS) is 11.3. The Labute approximate surface area is 158 Å². The summed E-state index contributed by atoms with van der Waals surface area (Å²) in [7, 11) is -3.83. The molecule has 0 saturated heterocycles. The van der Waals surface area contributed by atoms with Crippen LogP contribution in [0.15, 0.2) is 59.6 Å². The summed E-state index contributed by atoms with van der Waals surface area (Å²) in [5.41, 5.74) is 2.09. The highest BCUT2D eigenvalue weighted by molar-refractivity contribution is 7.93. The first-order valence-corrected chi connectivity index (χ1v) is 10.0. The van der Waals surface area contributed by atoms with Crippen molar-refractivity contribution in [1.29, 1.82) is 0 Å². The SMILES string of the molecule is CCCOC(=O)c1ccc(NS(=O)(=O)c2cccc3cc(C)cnc23)cc1. The number of fused-ring (bicyclic) bond motifs is 1. The third kappa shape index (κ3) is 4.25. The number of esters is 1. The lowest BCUT2D eigenvalue weighted by Gasteiger charge is -2.11. The first-order chi connectivity index (χ1) is 12.9. The predicted octanol–water partition coefficient (Wildman–Crippen LogP) is 3.91. The van der Waals surface area contributed by atoms with E-state index in [-0.39, 0.29) is 4.90 Å². The van der Waals surface area contributed by atoms with Crippen molar-refractivity contribution in [3.8, 4) is 0 Å². The summed E-state index contributed by atoms with van der Waals surface area (Å²) >= 11 is 0. The minimum atomic E-state index is -3.83. The second kappa shape index (κ2) is 7.75. The van der Waals surface area contributed by atoms with Crippen LogP contribution in [0.5, 0.6) is 0 Å². The van der Waals surface area contributed by atoms with Gasteiger partial charge in [-0.15, -0.1) is 0 Å². The Morgan fingerprint density at radius 1 is 1.15 bits per heavy atom. The van der Waals surface area contributed by atoms with Gasteiger partial charge in [0, 0.05) is 17.3 Å². The average molecular weight is 384 g/mol. The molecule has 0 radical (unpaired) electrons. The van der Waals surface area contributed by atoms with Crippen LogP contribution in [0, 0.1) is 6.92 Å². The fourth-order valence-electron chi connectivity index (χ4n) is 2.62. The van der Waals surface area contributed by atoms with Crippen LogP contribution in [0.4, 0.5) is 5.69 Å². The summed E-state index contributed by atoms with van der Waals surface area (Å²) in [6.45, 7) is 4.16. The molecule has 3 aromatic rings. The Kier molecular flexibility index (Phi) is 5.41. The second-order valence-electron chi connectivity index (χ2n) is 6.16. The Balaban J connectivity index is 1.86. The van der Waals surface area contributed by atoms with Crippen LogP contribution in [0.1, 0.15) is 29.3 Å². The molecule has 2 aromatic carbocycles. The van der Waals surface area contributed by atoms with Crippen molar-refractivity contribution in [1.82, 2.24) is 4.98 Å². The maximum atomic E-state index is 12.8. The third-order valence-electron chi connectivity index (χ3n) is 3.91. The molecule has 6 nitrogen and oxygen atoms in total. The molecule has 7 heteroatoms. The molecule has 1 N–H and O–H groups in total. The first kappa shape index (κ1) is 18.8. The Morgan fingerprint density at radius 2 is 1.89 bits per heavy atom. The zero-order chi connectivity index (χ0) is 19.4. The van der Waals surface area contributed by atoms with Gasteiger partial charge in [-0.05, 0) is 55.3 Å². The molecule has 27 heavy (non-hydrogen) atoms. The highest BCUT2D eigenvalue weighted by Crippen LogP contribution is 2.24. The van der Waals surface area contributed by atoms with Gasteiger partial charge in [-0.2, -0.15) is 0 Å². The van der Waals surface area contributed by atoms with E-state index in [4.69, 9.17) is 4.74 Å². The van der Waals surface area contributed by atoms with E-state index in [1.165, 1.54) is 30.3 Å². The second-order valence-corrected chi connectivity index (χ2v) is 7.81. The molecule has 0 fully saturated rings. The average Bonchev–Trinajstić information content (AvgIpc) is 2.65. The van der Waals surface area contributed by atoms with E-state index in [1.807, 2.05) is 26.0 Å². The molecule has 0 spiro atoms. The summed E-state index contributed by atoms with van der Waals surface area (Å²) in [6, 6.07) is 13.0. The van der Waals surface area contributed by atoms with Crippen molar-refractivity contribution in [2.24, 2.45) is 0 Å². The van der Waals surface area contributed by atoms with E-state index in [1.54, 1.807) is 12.3 Å². The molecule has 0 bridgehead atoms. The van der Waals surface area contributed by atoms with Crippen molar-refractivity contribution in [3.63, 3.8) is 0 Å².